The third-order valence-corrected chi connectivity index (χ3v) is 2.43. The second kappa shape index (κ2) is 4.35. The Morgan fingerprint density at radius 1 is 1.36 bits per heavy atom. The molecule has 0 radical (unpaired) electrons. The topological polar surface area (TPSA) is 3.24 Å². The van der Waals surface area contributed by atoms with E-state index in [1.54, 1.807) is 0 Å². The van der Waals surface area contributed by atoms with E-state index in [1.165, 1.54) is 25.8 Å². The molecule has 1 fully saturated rings. The molecule has 0 aromatic rings. The van der Waals surface area contributed by atoms with E-state index in [1.807, 2.05) is 0 Å². The monoisotopic (exact) mass is 143 g/mol. The van der Waals surface area contributed by atoms with Crippen LogP contribution in [0, 0.1) is 6.54 Å². The number of rotatable bonds is 0. The largest absolute Gasteiger partial charge is 1.00 e. The van der Waals surface area contributed by atoms with Crippen molar-refractivity contribution in [2.24, 2.45) is 0 Å². The molecule has 0 N–H and O–H groups in total. The molecule has 1 atom stereocenters. The average Bonchev–Trinajstić information content (AvgIpc) is 2.05. The smallest absolute Gasteiger partial charge is 0.450 e. The van der Waals surface area contributed by atoms with Crippen LogP contribution in [-0.4, -0.2) is 17.5 Å². The van der Waals surface area contributed by atoms with Gasteiger partial charge in [-0.1, -0.05) is 12.5 Å². The summed E-state index contributed by atoms with van der Waals surface area (Å²) in [5, 5.41) is 0. The number of nitrogens with zero attached hydrogens (tertiary/aromatic N) is 1. The second-order valence-corrected chi connectivity index (χ2v) is 3.15. The van der Waals surface area contributed by atoms with Crippen molar-refractivity contribution in [3.05, 3.63) is 18.7 Å². The molecule has 0 spiro atoms. The second-order valence-electron chi connectivity index (χ2n) is 3.15. The molecule has 0 saturated carbocycles. The Kier molecular flexibility index (Phi) is 3.72. The van der Waals surface area contributed by atoms with Crippen molar-refractivity contribution in [3.8, 4) is 0 Å². The molecule has 2 rings (SSSR count). The Balaban J connectivity index is 0.000000605. The Labute approximate surface area is 81.0 Å². The van der Waals surface area contributed by atoms with Crippen molar-refractivity contribution >= 4 is 0 Å². The quantitative estimate of drug-likeness (QED) is 0.238. The molecule has 0 aromatic heterocycles. The predicted molar refractivity (Wildman–Crippen MR) is 42.4 cm³/mol. The molecule has 1 unspecified atom stereocenters. The van der Waals surface area contributed by atoms with Crippen molar-refractivity contribution in [3.63, 3.8) is 0 Å². The van der Waals surface area contributed by atoms with E-state index in [9.17, 15) is 0 Å². The summed E-state index contributed by atoms with van der Waals surface area (Å²) in [7, 11) is 0. The van der Waals surface area contributed by atoms with E-state index in [0.717, 1.165) is 12.5 Å². The molecule has 2 heteroatoms. The van der Waals surface area contributed by atoms with E-state index < -0.39 is 0 Å². The number of fused-ring (bicyclic) bond motifs is 1. The molecular weight excluding hydrogens is 129 g/mol. The van der Waals surface area contributed by atoms with E-state index in [-0.39, 0.29) is 18.9 Å². The van der Waals surface area contributed by atoms with E-state index in [4.69, 9.17) is 0 Å². The van der Waals surface area contributed by atoms with E-state index in [2.05, 4.69) is 23.6 Å². The standard InChI is InChI=1S/C9H14N.Li/c1-3-7-10-8-4-2-6-9(10)5-1;/h1,5,7,9H,2-4,6,8H2;/q-1;+1. The van der Waals surface area contributed by atoms with Crippen molar-refractivity contribution < 1.29 is 18.9 Å². The Bertz CT molecular complexity index is 144. The fraction of sp³-hybridized carbons (Fsp3) is 0.667. The number of hydrogen-bond acceptors (Lipinski definition) is 1. The molecule has 1 nitrogen and oxygen atoms in total. The normalized spacial score (nSPS) is 30.7. The Morgan fingerprint density at radius 2 is 2.27 bits per heavy atom. The first-order chi connectivity index (χ1) is 4.97. The molecule has 2 heterocycles. The molecule has 2 aliphatic heterocycles. The van der Waals surface area contributed by atoms with Crippen LogP contribution in [0.25, 0.3) is 0 Å². The molecule has 2 aliphatic rings. The van der Waals surface area contributed by atoms with Crippen LogP contribution in [0.1, 0.15) is 25.7 Å². The summed E-state index contributed by atoms with van der Waals surface area (Å²) in [4.78, 5) is 2.49. The fourth-order valence-corrected chi connectivity index (χ4v) is 1.84. The minimum Gasteiger partial charge on any atom is -0.450 e. The van der Waals surface area contributed by atoms with Crippen LogP contribution in [0.3, 0.4) is 0 Å². The van der Waals surface area contributed by atoms with Gasteiger partial charge in [-0.05, 0) is 19.4 Å². The number of hydrogen-bond donors (Lipinski definition) is 0. The van der Waals surface area contributed by atoms with Crippen LogP contribution in [0.2, 0.25) is 0 Å². The summed E-state index contributed by atoms with van der Waals surface area (Å²) in [5.41, 5.74) is 0. The summed E-state index contributed by atoms with van der Waals surface area (Å²) in [6, 6.07) is 0.752. The first-order valence-corrected chi connectivity index (χ1v) is 4.22. The first kappa shape index (κ1) is 9.39. The fourth-order valence-electron chi connectivity index (χ4n) is 1.84. The zero-order chi connectivity index (χ0) is 6.81. The van der Waals surface area contributed by atoms with Gasteiger partial charge in [-0.3, -0.25) is 6.54 Å². The van der Waals surface area contributed by atoms with Gasteiger partial charge in [0.15, 0.2) is 0 Å². The average molecular weight is 143 g/mol. The summed E-state index contributed by atoms with van der Waals surface area (Å²) in [6.45, 7) is 3.62. The zero-order valence-corrected chi connectivity index (χ0v) is 7.29. The Morgan fingerprint density at radius 3 is 3.09 bits per heavy atom. The van der Waals surface area contributed by atoms with E-state index in [0.29, 0.717) is 0 Å². The number of piperidine rings is 1. The van der Waals surface area contributed by atoms with E-state index >= 15 is 0 Å². The van der Waals surface area contributed by atoms with Gasteiger partial charge in [-0.25, -0.2) is 0 Å². The minimum absolute atomic E-state index is 0. The van der Waals surface area contributed by atoms with Gasteiger partial charge >= 0.3 is 18.9 Å². The molecular formula is C9H14LiN. The molecule has 0 bridgehead atoms. The van der Waals surface area contributed by atoms with Crippen molar-refractivity contribution in [1.82, 2.24) is 4.90 Å². The van der Waals surface area contributed by atoms with Crippen LogP contribution in [-0.2, 0) is 0 Å². The Hall–Kier alpha value is 0.297. The van der Waals surface area contributed by atoms with Gasteiger partial charge in [-0.15, -0.1) is 12.5 Å². The first-order valence-electron chi connectivity index (χ1n) is 4.22. The van der Waals surface area contributed by atoms with Crippen molar-refractivity contribution in [1.29, 1.82) is 0 Å². The zero-order valence-electron chi connectivity index (χ0n) is 7.29. The third kappa shape index (κ3) is 2.12. The van der Waals surface area contributed by atoms with Gasteiger partial charge in [0.05, 0.1) is 0 Å². The van der Waals surface area contributed by atoms with Gasteiger partial charge in [0.25, 0.3) is 0 Å². The maximum absolute atomic E-state index is 2.49. The van der Waals surface area contributed by atoms with Crippen molar-refractivity contribution in [2.45, 2.75) is 31.7 Å². The van der Waals surface area contributed by atoms with Crippen LogP contribution in [0.15, 0.2) is 12.2 Å². The van der Waals surface area contributed by atoms with Gasteiger partial charge in [-0.2, -0.15) is 0 Å². The molecule has 11 heavy (non-hydrogen) atoms. The molecule has 0 aromatic carbocycles. The van der Waals surface area contributed by atoms with Gasteiger partial charge < -0.3 is 4.90 Å². The van der Waals surface area contributed by atoms with Crippen LogP contribution in [0.5, 0.6) is 0 Å². The molecule has 0 aliphatic carbocycles. The molecule has 0 amide bonds. The maximum atomic E-state index is 2.49. The summed E-state index contributed by atoms with van der Waals surface area (Å²) < 4.78 is 0. The molecule has 56 valence electrons. The maximum Gasteiger partial charge on any atom is 1.00 e. The summed E-state index contributed by atoms with van der Waals surface area (Å²) in [6.07, 6.45) is 9.97. The minimum atomic E-state index is 0. The van der Waals surface area contributed by atoms with Gasteiger partial charge in [0, 0.05) is 6.04 Å². The third-order valence-electron chi connectivity index (χ3n) is 2.43. The van der Waals surface area contributed by atoms with Crippen LogP contribution < -0.4 is 18.9 Å². The molecule has 1 saturated heterocycles. The summed E-state index contributed by atoms with van der Waals surface area (Å²) >= 11 is 0. The summed E-state index contributed by atoms with van der Waals surface area (Å²) in [5.74, 6) is 0. The van der Waals surface area contributed by atoms with Gasteiger partial charge in [0.1, 0.15) is 0 Å². The van der Waals surface area contributed by atoms with Crippen LogP contribution in [0.4, 0.5) is 0 Å². The van der Waals surface area contributed by atoms with Gasteiger partial charge in [0.2, 0.25) is 0 Å². The SMILES string of the molecule is C1=CC2CCCCN2[CH-]C1.[Li+]. The predicted octanol–water partition coefficient (Wildman–Crippen LogP) is -1.03. The van der Waals surface area contributed by atoms with Crippen LogP contribution >= 0.6 is 0 Å². The van der Waals surface area contributed by atoms with Crippen molar-refractivity contribution in [2.75, 3.05) is 6.54 Å².